The molecule has 6 heteroatoms. The number of fused-ring (bicyclic) bond motifs is 1. The molecular formula is C15H15ClFN3O. The molecule has 21 heavy (non-hydrogen) atoms. The van der Waals surface area contributed by atoms with Crippen molar-refractivity contribution in [2.45, 2.75) is 18.9 Å². The van der Waals surface area contributed by atoms with Crippen LogP contribution in [0.3, 0.4) is 0 Å². The minimum Gasteiger partial charge on any atom is -0.346 e. The molecule has 0 unspecified atom stereocenters. The number of aromatic nitrogens is 1. The van der Waals surface area contributed by atoms with Crippen molar-refractivity contribution in [3.8, 4) is 0 Å². The van der Waals surface area contributed by atoms with Crippen LogP contribution in [0, 0.1) is 5.82 Å². The molecule has 1 heterocycles. The number of benzene rings is 1. The van der Waals surface area contributed by atoms with E-state index in [0.29, 0.717) is 11.4 Å². The summed E-state index contributed by atoms with van der Waals surface area (Å²) in [5, 5.41) is 2.72. The van der Waals surface area contributed by atoms with Gasteiger partial charge in [0.05, 0.1) is 5.02 Å². The van der Waals surface area contributed by atoms with Crippen molar-refractivity contribution in [2.75, 3.05) is 5.32 Å². The first kappa shape index (κ1) is 14.1. The van der Waals surface area contributed by atoms with Gasteiger partial charge in [0.2, 0.25) is 0 Å². The van der Waals surface area contributed by atoms with Crippen molar-refractivity contribution < 1.29 is 9.18 Å². The Morgan fingerprint density at radius 1 is 1.52 bits per heavy atom. The molecule has 1 aromatic carbocycles. The van der Waals surface area contributed by atoms with Gasteiger partial charge in [-0.25, -0.2) is 4.39 Å². The van der Waals surface area contributed by atoms with E-state index in [9.17, 15) is 9.18 Å². The molecule has 0 bridgehead atoms. The monoisotopic (exact) mass is 307 g/mol. The van der Waals surface area contributed by atoms with Gasteiger partial charge in [0.15, 0.2) is 0 Å². The second-order valence-corrected chi connectivity index (χ2v) is 5.66. The number of nitrogens with zero attached hydrogens (tertiary/aromatic N) is 1. The number of hydrogen-bond donors (Lipinski definition) is 2. The average molecular weight is 308 g/mol. The van der Waals surface area contributed by atoms with E-state index in [-0.39, 0.29) is 17.0 Å². The fourth-order valence-electron chi connectivity index (χ4n) is 2.80. The Morgan fingerprint density at radius 2 is 2.29 bits per heavy atom. The third kappa shape index (κ3) is 2.43. The van der Waals surface area contributed by atoms with Gasteiger partial charge in [-0.3, -0.25) is 4.79 Å². The van der Waals surface area contributed by atoms with Crippen LogP contribution in [0.15, 0.2) is 24.4 Å². The molecule has 110 valence electrons. The second-order valence-electron chi connectivity index (χ2n) is 5.25. The molecule has 1 atom stereocenters. The zero-order valence-corrected chi connectivity index (χ0v) is 12.2. The molecule has 1 aliphatic carbocycles. The normalized spacial score (nSPS) is 16.9. The molecular weight excluding hydrogens is 293 g/mol. The van der Waals surface area contributed by atoms with E-state index < -0.39 is 5.82 Å². The number of halogens is 2. The van der Waals surface area contributed by atoms with E-state index in [0.717, 1.165) is 24.0 Å². The predicted molar refractivity (Wildman–Crippen MR) is 80.0 cm³/mol. The standard InChI is InChI=1S/C15H15ClFN3O/c1-20-7-10-9(3-5-13(10)18)14(20)15(21)19-8-2-4-12(17)11(16)6-8/h2,4,6-7,13H,3,5,18H2,1H3,(H,19,21)/t13-/m0/s1. The van der Waals surface area contributed by atoms with E-state index in [1.165, 1.54) is 18.2 Å². The summed E-state index contributed by atoms with van der Waals surface area (Å²) in [6, 6.07) is 4.09. The maximum atomic E-state index is 13.1. The Morgan fingerprint density at radius 3 is 3.00 bits per heavy atom. The van der Waals surface area contributed by atoms with Crippen LogP contribution in [-0.2, 0) is 13.5 Å². The number of rotatable bonds is 2. The van der Waals surface area contributed by atoms with Crippen molar-refractivity contribution in [3.05, 3.63) is 52.1 Å². The van der Waals surface area contributed by atoms with Crippen molar-refractivity contribution in [2.24, 2.45) is 12.8 Å². The molecule has 1 aliphatic rings. The molecule has 0 aliphatic heterocycles. The highest BCUT2D eigenvalue weighted by molar-refractivity contribution is 6.31. The summed E-state index contributed by atoms with van der Waals surface area (Å²) in [7, 11) is 1.82. The van der Waals surface area contributed by atoms with Crippen molar-refractivity contribution in [1.82, 2.24) is 4.57 Å². The first-order valence-corrected chi connectivity index (χ1v) is 7.05. The van der Waals surface area contributed by atoms with E-state index >= 15 is 0 Å². The van der Waals surface area contributed by atoms with Crippen LogP contribution in [0.2, 0.25) is 5.02 Å². The molecule has 0 radical (unpaired) electrons. The molecule has 0 saturated heterocycles. The lowest BCUT2D eigenvalue weighted by Crippen LogP contribution is -2.17. The second kappa shape index (κ2) is 5.16. The molecule has 0 fully saturated rings. The highest BCUT2D eigenvalue weighted by Crippen LogP contribution is 2.33. The Kier molecular flexibility index (Phi) is 3.47. The predicted octanol–water partition coefficient (Wildman–Crippen LogP) is 3.02. The first-order chi connectivity index (χ1) is 9.97. The number of amides is 1. The lowest BCUT2D eigenvalue weighted by molar-refractivity contribution is 0.101. The fourth-order valence-corrected chi connectivity index (χ4v) is 2.98. The van der Waals surface area contributed by atoms with Gasteiger partial charge in [-0.2, -0.15) is 0 Å². The van der Waals surface area contributed by atoms with Gasteiger partial charge in [0.25, 0.3) is 5.91 Å². The summed E-state index contributed by atoms with van der Waals surface area (Å²) >= 11 is 5.72. The van der Waals surface area contributed by atoms with Crippen molar-refractivity contribution in [3.63, 3.8) is 0 Å². The van der Waals surface area contributed by atoms with Gasteiger partial charge in [-0.05, 0) is 42.2 Å². The van der Waals surface area contributed by atoms with Crippen molar-refractivity contribution in [1.29, 1.82) is 0 Å². The third-order valence-electron chi connectivity index (χ3n) is 3.82. The number of carbonyl (C=O) groups excluding carboxylic acids is 1. The summed E-state index contributed by atoms with van der Waals surface area (Å²) < 4.78 is 14.9. The Balaban J connectivity index is 1.89. The Bertz CT molecular complexity index is 726. The van der Waals surface area contributed by atoms with Gasteiger partial charge >= 0.3 is 0 Å². The summed E-state index contributed by atoms with van der Waals surface area (Å²) in [5.74, 6) is -0.754. The number of carbonyl (C=O) groups is 1. The topological polar surface area (TPSA) is 60.0 Å². The van der Waals surface area contributed by atoms with E-state index in [1.54, 1.807) is 4.57 Å². The van der Waals surface area contributed by atoms with E-state index in [2.05, 4.69) is 5.32 Å². The molecule has 3 rings (SSSR count). The molecule has 1 amide bonds. The summed E-state index contributed by atoms with van der Waals surface area (Å²) in [4.78, 5) is 12.4. The highest BCUT2D eigenvalue weighted by atomic mass is 35.5. The number of hydrogen-bond acceptors (Lipinski definition) is 2. The quantitative estimate of drug-likeness (QED) is 0.896. The molecule has 4 nitrogen and oxygen atoms in total. The highest BCUT2D eigenvalue weighted by Gasteiger charge is 2.28. The zero-order chi connectivity index (χ0) is 15.1. The van der Waals surface area contributed by atoms with Gasteiger partial charge in [-0.1, -0.05) is 11.6 Å². The average Bonchev–Trinajstić information content (AvgIpc) is 2.93. The van der Waals surface area contributed by atoms with Crippen LogP contribution in [0.4, 0.5) is 10.1 Å². The largest absolute Gasteiger partial charge is 0.346 e. The number of anilines is 1. The lowest BCUT2D eigenvalue weighted by Gasteiger charge is -2.09. The fraction of sp³-hybridized carbons (Fsp3) is 0.267. The maximum absolute atomic E-state index is 13.1. The Hall–Kier alpha value is -1.85. The maximum Gasteiger partial charge on any atom is 0.272 e. The van der Waals surface area contributed by atoms with Crippen molar-refractivity contribution >= 4 is 23.2 Å². The van der Waals surface area contributed by atoms with Gasteiger partial charge in [-0.15, -0.1) is 0 Å². The van der Waals surface area contributed by atoms with Crippen LogP contribution < -0.4 is 11.1 Å². The zero-order valence-electron chi connectivity index (χ0n) is 11.5. The van der Waals surface area contributed by atoms with Crippen LogP contribution >= 0.6 is 11.6 Å². The SMILES string of the molecule is Cn1cc2c(c1C(=O)Nc1ccc(F)c(Cl)c1)CC[C@@H]2N. The molecule has 3 N–H and O–H groups in total. The minimum absolute atomic E-state index is 0.00647. The lowest BCUT2D eigenvalue weighted by atomic mass is 10.1. The van der Waals surface area contributed by atoms with Gasteiger partial charge < -0.3 is 15.6 Å². The number of nitrogens with one attached hydrogen (secondary N) is 1. The molecule has 2 aromatic rings. The number of aryl methyl sites for hydroxylation is 1. The molecule has 0 spiro atoms. The summed E-state index contributed by atoms with van der Waals surface area (Å²) in [6.45, 7) is 0. The van der Waals surface area contributed by atoms with Crippen LogP contribution in [0.1, 0.15) is 34.1 Å². The van der Waals surface area contributed by atoms with Crippen LogP contribution in [0.5, 0.6) is 0 Å². The first-order valence-electron chi connectivity index (χ1n) is 6.67. The minimum atomic E-state index is -0.514. The summed E-state index contributed by atoms with van der Waals surface area (Å²) in [6.07, 6.45) is 3.55. The van der Waals surface area contributed by atoms with Gasteiger partial charge in [0.1, 0.15) is 11.5 Å². The summed E-state index contributed by atoms with van der Waals surface area (Å²) in [5.41, 5.74) is 9.09. The van der Waals surface area contributed by atoms with Crippen LogP contribution in [-0.4, -0.2) is 10.5 Å². The van der Waals surface area contributed by atoms with Gasteiger partial charge in [0, 0.05) is 25.0 Å². The van der Waals surface area contributed by atoms with Crippen LogP contribution in [0.25, 0.3) is 0 Å². The van der Waals surface area contributed by atoms with E-state index in [1.807, 2.05) is 13.2 Å². The van der Waals surface area contributed by atoms with E-state index in [4.69, 9.17) is 17.3 Å². The number of nitrogens with two attached hydrogens (primary N) is 1. The molecule has 1 aromatic heterocycles. The smallest absolute Gasteiger partial charge is 0.272 e. The third-order valence-corrected chi connectivity index (χ3v) is 4.11. The molecule has 0 saturated carbocycles. The Labute approximate surface area is 126 Å².